The van der Waals surface area contributed by atoms with Crippen molar-refractivity contribution in [3.05, 3.63) is 78.5 Å². The van der Waals surface area contributed by atoms with Crippen LogP contribution >= 0.6 is 0 Å². The molecule has 0 spiro atoms. The third-order valence-electron chi connectivity index (χ3n) is 3.04. The van der Waals surface area contributed by atoms with Crippen LogP contribution in [-0.2, 0) is 0 Å². The summed E-state index contributed by atoms with van der Waals surface area (Å²) in [5.74, 6) is 0.820. The molecule has 0 bridgehead atoms. The first-order chi connectivity index (χ1) is 9.93. The predicted octanol–water partition coefficient (Wildman–Crippen LogP) is 4.33. The minimum Gasteiger partial charge on any atom is -0.487 e. The van der Waals surface area contributed by atoms with E-state index in [1.54, 1.807) is 6.20 Å². The van der Waals surface area contributed by atoms with Crippen LogP contribution in [0.15, 0.2) is 72.9 Å². The second-order valence-corrected chi connectivity index (χ2v) is 4.46. The van der Waals surface area contributed by atoms with Gasteiger partial charge in [-0.05, 0) is 23.8 Å². The number of hydrogen-bond donors (Lipinski definition) is 0. The van der Waals surface area contributed by atoms with Crippen LogP contribution in [0, 0.1) is 0 Å². The van der Waals surface area contributed by atoms with Gasteiger partial charge in [0.15, 0.2) is 0 Å². The molecular weight excluding hydrogens is 246 g/mol. The fourth-order valence-electron chi connectivity index (χ4n) is 2.08. The molecule has 1 heterocycles. The molecule has 0 aliphatic heterocycles. The summed E-state index contributed by atoms with van der Waals surface area (Å²) in [5, 5.41) is 1.09. The Balaban J connectivity index is 1.70. The van der Waals surface area contributed by atoms with Crippen LogP contribution in [-0.4, -0.2) is 11.6 Å². The number of rotatable bonds is 4. The molecule has 20 heavy (non-hydrogen) atoms. The Morgan fingerprint density at radius 1 is 0.900 bits per heavy atom. The normalized spacial score (nSPS) is 11.0. The van der Waals surface area contributed by atoms with Gasteiger partial charge in [0.2, 0.25) is 0 Å². The van der Waals surface area contributed by atoms with Crippen LogP contribution in [0.25, 0.3) is 17.0 Å². The van der Waals surface area contributed by atoms with Gasteiger partial charge in [-0.25, -0.2) is 0 Å². The van der Waals surface area contributed by atoms with Crippen molar-refractivity contribution in [1.82, 2.24) is 4.98 Å². The van der Waals surface area contributed by atoms with Gasteiger partial charge in [-0.2, -0.15) is 0 Å². The average molecular weight is 261 g/mol. The largest absolute Gasteiger partial charge is 0.487 e. The number of pyridine rings is 1. The van der Waals surface area contributed by atoms with Gasteiger partial charge in [0.25, 0.3) is 0 Å². The third kappa shape index (κ3) is 2.86. The van der Waals surface area contributed by atoms with Gasteiger partial charge in [0, 0.05) is 11.6 Å². The molecule has 0 N–H and O–H groups in total. The lowest BCUT2D eigenvalue weighted by atomic mass is 10.2. The van der Waals surface area contributed by atoms with E-state index in [0.29, 0.717) is 6.61 Å². The number of hydrogen-bond acceptors (Lipinski definition) is 2. The summed E-state index contributed by atoms with van der Waals surface area (Å²) < 4.78 is 5.79. The number of fused-ring (bicyclic) bond motifs is 1. The zero-order valence-electron chi connectivity index (χ0n) is 11.1. The Morgan fingerprint density at radius 2 is 1.75 bits per heavy atom. The molecule has 98 valence electrons. The lowest BCUT2D eigenvalue weighted by Gasteiger charge is -2.06. The summed E-state index contributed by atoms with van der Waals surface area (Å²) >= 11 is 0. The first-order valence-corrected chi connectivity index (χ1v) is 6.61. The fraction of sp³-hybridized carbons (Fsp3) is 0.0556. The van der Waals surface area contributed by atoms with Crippen molar-refractivity contribution in [2.24, 2.45) is 0 Å². The molecule has 0 aliphatic carbocycles. The molecule has 0 saturated heterocycles. The lowest BCUT2D eigenvalue weighted by molar-refractivity contribution is 0.367. The van der Waals surface area contributed by atoms with Gasteiger partial charge in [-0.15, -0.1) is 0 Å². The topological polar surface area (TPSA) is 22.1 Å². The molecule has 2 heteroatoms. The van der Waals surface area contributed by atoms with Gasteiger partial charge < -0.3 is 4.74 Å². The van der Waals surface area contributed by atoms with Crippen LogP contribution < -0.4 is 4.74 Å². The second kappa shape index (κ2) is 6.02. The molecule has 0 aliphatic rings. The van der Waals surface area contributed by atoms with Crippen molar-refractivity contribution in [3.63, 3.8) is 0 Å². The monoisotopic (exact) mass is 261 g/mol. The van der Waals surface area contributed by atoms with Crippen molar-refractivity contribution < 1.29 is 4.74 Å². The van der Waals surface area contributed by atoms with Crippen molar-refractivity contribution >= 4 is 17.0 Å². The van der Waals surface area contributed by atoms with Crippen molar-refractivity contribution in [2.45, 2.75) is 0 Å². The smallest absolute Gasteiger partial charge is 0.145 e. The highest BCUT2D eigenvalue weighted by Gasteiger charge is 2.00. The maximum atomic E-state index is 5.79. The molecule has 3 rings (SSSR count). The van der Waals surface area contributed by atoms with E-state index < -0.39 is 0 Å². The Kier molecular flexibility index (Phi) is 3.74. The van der Waals surface area contributed by atoms with Crippen LogP contribution in [0.1, 0.15) is 5.56 Å². The molecule has 3 aromatic rings. The summed E-state index contributed by atoms with van der Waals surface area (Å²) in [5.41, 5.74) is 2.08. The third-order valence-corrected chi connectivity index (χ3v) is 3.04. The maximum absolute atomic E-state index is 5.79. The van der Waals surface area contributed by atoms with Crippen LogP contribution in [0.4, 0.5) is 0 Å². The number of aromatic nitrogens is 1. The standard InChI is InChI=1S/C18H15NO/c1-2-7-15(8-3-1)9-6-14-20-17-12-4-10-16-11-5-13-19-18(16)17/h1-13H,14H2. The van der Waals surface area contributed by atoms with Crippen LogP contribution in [0.5, 0.6) is 5.75 Å². The van der Waals surface area contributed by atoms with Gasteiger partial charge in [-0.1, -0.05) is 54.6 Å². The van der Waals surface area contributed by atoms with E-state index in [9.17, 15) is 0 Å². The molecule has 0 unspecified atom stereocenters. The zero-order valence-corrected chi connectivity index (χ0v) is 11.1. The van der Waals surface area contributed by atoms with E-state index in [1.165, 1.54) is 5.56 Å². The fourth-order valence-corrected chi connectivity index (χ4v) is 2.08. The van der Waals surface area contributed by atoms with E-state index in [4.69, 9.17) is 4.74 Å². The molecule has 0 fully saturated rings. The Hall–Kier alpha value is -2.61. The summed E-state index contributed by atoms with van der Waals surface area (Å²) in [6.07, 6.45) is 5.85. The van der Waals surface area contributed by atoms with Crippen molar-refractivity contribution in [2.75, 3.05) is 6.61 Å². The highest BCUT2D eigenvalue weighted by atomic mass is 16.5. The molecule has 1 aromatic heterocycles. The van der Waals surface area contributed by atoms with E-state index in [2.05, 4.69) is 23.2 Å². The average Bonchev–Trinajstić information content (AvgIpc) is 2.53. The Morgan fingerprint density at radius 3 is 2.65 bits per heavy atom. The van der Waals surface area contributed by atoms with Crippen molar-refractivity contribution in [3.8, 4) is 5.75 Å². The molecule has 0 atom stereocenters. The minimum atomic E-state index is 0.532. The van der Waals surface area contributed by atoms with E-state index in [0.717, 1.165) is 16.7 Å². The molecule has 0 saturated carbocycles. The van der Waals surface area contributed by atoms with E-state index in [-0.39, 0.29) is 0 Å². The van der Waals surface area contributed by atoms with Gasteiger partial charge >= 0.3 is 0 Å². The summed E-state index contributed by atoms with van der Waals surface area (Å²) in [6, 6.07) is 20.1. The summed E-state index contributed by atoms with van der Waals surface area (Å²) in [6.45, 7) is 0.532. The van der Waals surface area contributed by atoms with Crippen molar-refractivity contribution in [1.29, 1.82) is 0 Å². The Labute approximate surface area is 118 Å². The maximum Gasteiger partial charge on any atom is 0.145 e. The van der Waals surface area contributed by atoms with Gasteiger partial charge in [0.1, 0.15) is 17.9 Å². The van der Waals surface area contributed by atoms with Gasteiger partial charge in [-0.3, -0.25) is 4.98 Å². The molecule has 0 radical (unpaired) electrons. The van der Waals surface area contributed by atoms with E-state index in [1.807, 2.05) is 54.6 Å². The SMILES string of the molecule is C(=Cc1ccccc1)COc1cccc2cccnc12. The number of nitrogens with zero attached hydrogens (tertiary/aromatic N) is 1. The molecule has 2 aromatic carbocycles. The highest BCUT2D eigenvalue weighted by Crippen LogP contribution is 2.22. The number of ether oxygens (including phenoxy) is 1. The molecule has 2 nitrogen and oxygen atoms in total. The molecule has 0 amide bonds. The molecular formula is C18H15NO. The van der Waals surface area contributed by atoms with Crippen LogP contribution in [0.2, 0.25) is 0 Å². The first kappa shape index (κ1) is 12.4. The van der Waals surface area contributed by atoms with E-state index >= 15 is 0 Å². The second-order valence-electron chi connectivity index (χ2n) is 4.46. The number of para-hydroxylation sites is 1. The predicted molar refractivity (Wildman–Crippen MR) is 82.7 cm³/mol. The Bertz CT molecular complexity index is 714. The lowest BCUT2D eigenvalue weighted by Crippen LogP contribution is -1.94. The van der Waals surface area contributed by atoms with Crippen LogP contribution in [0.3, 0.4) is 0 Å². The highest BCUT2D eigenvalue weighted by molar-refractivity contribution is 5.84. The summed E-state index contributed by atoms with van der Waals surface area (Å²) in [4.78, 5) is 4.37. The quantitative estimate of drug-likeness (QED) is 0.697. The zero-order chi connectivity index (χ0) is 13.6. The number of benzene rings is 2. The van der Waals surface area contributed by atoms with Gasteiger partial charge in [0.05, 0.1) is 0 Å². The first-order valence-electron chi connectivity index (χ1n) is 6.61. The summed E-state index contributed by atoms with van der Waals surface area (Å²) in [7, 11) is 0. The minimum absolute atomic E-state index is 0.532.